The molecule has 6 heteroatoms. The minimum absolute atomic E-state index is 0.0146. The molecule has 6 nitrogen and oxygen atoms in total. The maximum absolute atomic E-state index is 12.8. The topological polar surface area (TPSA) is 64.7 Å². The number of urea groups is 1. The second-order valence-electron chi connectivity index (χ2n) is 8.64. The molecule has 3 amide bonds. The lowest BCUT2D eigenvalue weighted by Gasteiger charge is -2.33. The first kappa shape index (κ1) is 19.2. The molecule has 4 atom stereocenters. The Morgan fingerprint density at radius 1 is 1.07 bits per heavy atom. The summed E-state index contributed by atoms with van der Waals surface area (Å²) in [5.41, 5.74) is 1.36. The number of piperidine rings is 1. The molecule has 1 aliphatic carbocycles. The summed E-state index contributed by atoms with van der Waals surface area (Å²) in [6, 6.07) is 10.9. The van der Waals surface area contributed by atoms with Gasteiger partial charge in [0.1, 0.15) is 0 Å². The molecule has 2 aliphatic heterocycles. The number of nitrogens with zero attached hydrogens (tertiary/aromatic N) is 2. The number of benzene rings is 1. The second-order valence-corrected chi connectivity index (χ2v) is 8.64. The van der Waals surface area contributed by atoms with Crippen LogP contribution in [-0.2, 0) is 11.3 Å². The van der Waals surface area contributed by atoms with Crippen molar-refractivity contribution in [1.29, 1.82) is 0 Å². The summed E-state index contributed by atoms with van der Waals surface area (Å²) >= 11 is 0. The van der Waals surface area contributed by atoms with Gasteiger partial charge in [0.05, 0.1) is 5.92 Å². The van der Waals surface area contributed by atoms with Crippen LogP contribution in [0.4, 0.5) is 4.79 Å². The largest absolute Gasteiger partial charge is 0.359 e. The smallest absolute Gasteiger partial charge is 0.317 e. The van der Waals surface area contributed by atoms with Crippen molar-refractivity contribution in [2.75, 3.05) is 33.2 Å². The fourth-order valence-electron chi connectivity index (χ4n) is 5.34. The molecule has 3 fully saturated rings. The Balaban J connectivity index is 1.30. The van der Waals surface area contributed by atoms with Crippen molar-refractivity contribution >= 4 is 11.9 Å². The van der Waals surface area contributed by atoms with E-state index >= 15 is 0 Å². The van der Waals surface area contributed by atoms with E-state index < -0.39 is 0 Å². The number of rotatable bonds is 4. The van der Waals surface area contributed by atoms with Gasteiger partial charge in [-0.05, 0) is 43.1 Å². The zero-order chi connectivity index (χ0) is 19.5. The fraction of sp³-hybridized carbons (Fsp3) is 0.636. The Kier molecular flexibility index (Phi) is 5.85. The van der Waals surface area contributed by atoms with Gasteiger partial charge in [-0.3, -0.25) is 9.69 Å². The quantitative estimate of drug-likeness (QED) is 0.835. The Morgan fingerprint density at radius 2 is 1.89 bits per heavy atom. The normalized spacial score (nSPS) is 30.1. The van der Waals surface area contributed by atoms with E-state index in [9.17, 15) is 9.59 Å². The number of hydrogen-bond acceptors (Lipinski definition) is 3. The summed E-state index contributed by atoms with van der Waals surface area (Å²) in [6.07, 6.45) is 4.04. The van der Waals surface area contributed by atoms with Gasteiger partial charge in [0.15, 0.2) is 0 Å². The highest BCUT2D eigenvalue weighted by atomic mass is 16.2. The van der Waals surface area contributed by atoms with E-state index in [0.717, 1.165) is 45.4 Å². The molecule has 2 N–H and O–H groups in total. The van der Waals surface area contributed by atoms with Gasteiger partial charge in [0.2, 0.25) is 5.91 Å². The summed E-state index contributed by atoms with van der Waals surface area (Å²) in [7, 11) is 1.67. The highest BCUT2D eigenvalue weighted by molar-refractivity contribution is 5.80. The number of hydrogen-bond donors (Lipinski definition) is 2. The van der Waals surface area contributed by atoms with E-state index in [0.29, 0.717) is 18.4 Å². The number of amides is 3. The van der Waals surface area contributed by atoms with Crippen molar-refractivity contribution in [2.45, 2.75) is 38.3 Å². The van der Waals surface area contributed by atoms with Gasteiger partial charge in [-0.15, -0.1) is 0 Å². The van der Waals surface area contributed by atoms with E-state index in [2.05, 4.69) is 45.9 Å². The van der Waals surface area contributed by atoms with Crippen LogP contribution in [-0.4, -0.2) is 61.0 Å². The molecule has 0 bridgehead atoms. The maximum Gasteiger partial charge on any atom is 0.317 e. The van der Waals surface area contributed by atoms with Gasteiger partial charge >= 0.3 is 6.03 Å². The van der Waals surface area contributed by atoms with Gasteiger partial charge in [-0.25, -0.2) is 4.79 Å². The lowest BCUT2D eigenvalue weighted by atomic mass is 9.97. The van der Waals surface area contributed by atoms with Crippen molar-refractivity contribution in [3.05, 3.63) is 35.9 Å². The van der Waals surface area contributed by atoms with Crippen LogP contribution in [0.3, 0.4) is 0 Å². The third kappa shape index (κ3) is 4.17. The minimum atomic E-state index is -0.0753. The standard InChI is InChI=1S/C22H32N4O2/c1-23-21(27)18-8-5-11-26(14-18)22(28)24-20-10-9-17-13-25(15-19(17)20)12-16-6-3-2-4-7-16/h2-4,6-7,17-20H,5,8-15H2,1H3,(H,23,27)(H,24,28). The van der Waals surface area contributed by atoms with Crippen molar-refractivity contribution in [3.63, 3.8) is 0 Å². The predicted molar refractivity (Wildman–Crippen MR) is 109 cm³/mol. The van der Waals surface area contributed by atoms with Crippen molar-refractivity contribution in [3.8, 4) is 0 Å². The minimum Gasteiger partial charge on any atom is -0.359 e. The Bertz CT molecular complexity index is 695. The SMILES string of the molecule is CNC(=O)C1CCCN(C(=O)NC2CCC3CN(Cc4ccccc4)CC32)C1. The van der Waals surface area contributed by atoms with Gasteiger partial charge in [0, 0.05) is 45.8 Å². The van der Waals surface area contributed by atoms with E-state index in [1.54, 1.807) is 7.05 Å². The summed E-state index contributed by atoms with van der Waals surface area (Å²) in [5, 5.41) is 6.03. The lowest BCUT2D eigenvalue weighted by Crippen LogP contribution is -2.51. The zero-order valence-electron chi connectivity index (χ0n) is 16.8. The van der Waals surface area contributed by atoms with Crippen LogP contribution in [0.25, 0.3) is 0 Å². The van der Waals surface area contributed by atoms with E-state index in [1.165, 1.54) is 12.0 Å². The number of fused-ring (bicyclic) bond motifs is 1. The monoisotopic (exact) mass is 384 g/mol. The molecule has 1 saturated carbocycles. The van der Waals surface area contributed by atoms with Crippen molar-refractivity contribution in [2.24, 2.45) is 17.8 Å². The van der Waals surface area contributed by atoms with Crippen LogP contribution >= 0.6 is 0 Å². The van der Waals surface area contributed by atoms with Gasteiger partial charge in [-0.2, -0.15) is 0 Å². The number of nitrogens with one attached hydrogen (secondary N) is 2. The average Bonchev–Trinajstić information content (AvgIpc) is 3.29. The summed E-state index contributed by atoms with van der Waals surface area (Å²) in [5.74, 6) is 1.21. The Labute approximate surface area is 167 Å². The third-order valence-corrected chi connectivity index (χ3v) is 6.82. The molecule has 28 heavy (non-hydrogen) atoms. The lowest BCUT2D eigenvalue weighted by molar-refractivity contribution is -0.125. The highest BCUT2D eigenvalue weighted by Crippen LogP contribution is 2.38. The third-order valence-electron chi connectivity index (χ3n) is 6.82. The van der Waals surface area contributed by atoms with Crippen molar-refractivity contribution in [1.82, 2.24) is 20.4 Å². The van der Waals surface area contributed by atoms with E-state index in [-0.39, 0.29) is 23.9 Å². The van der Waals surface area contributed by atoms with Crippen molar-refractivity contribution < 1.29 is 9.59 Å². The molecule has 1 aromatic carbocycles. The Morgan fingerprint density at radius 3 is 2.68 bits per heavy atom. The zero-order valence-corrected chi connectivity index (χ0v) is 16.8. The predicted octanol–water partition coefficient (Wildman–Crippen LogP) is 2.06. The molecule has 4 unspecified atom stereocenters. The molecule has 2 heterocycles. The molecular formula is C22H32N4O2. The summed E-state index contributed by atoms with van der Waals surface area (Å²) in [4.78, 5) is 29.2. The number of carbonyl (C=O) groups excluding carboxylic acids is 2. The molecular weight excluding hydrogens is 352 g/mol. The summed E-state index contributed by atoms with van der Waals surface area (Å²) < 4.78 is 0. The molecule has 4 rings (SSSR count). The van der Waals surface area contributed by atoms with Gasteiger partial charge < -0.3 is 15.5 Å². The first-order valence-electron chi connectivity index (χ1n) is 10.7. The van der Waals surface area contributed by atoms with Crippen LogP contribution in [0.1, 0.15) is 31.2 Å². The molecule has 152 valence electrons. The first-order chi connectivity index (χ1) is 13.6. The first-order valence-corrected chi connectivity index (χ1v) is 10.7. The summed E-state index contributed by atoms with van der Waals surface area (Å²) in [6.45, 7) is 4.47. The van der Waals surface area contributed by atoms with E-state index in [4.69, 9.17) is 0 Å². The molecule has 0 spiro atoms. The van der Waals surface area contributed by atoms with Gasteiger partial charge in [-0.1, -0.05) is 30.3 Å². The maximum atomic E-state index is 12.8. The molecule has 2 saturated heterocycles. The molecule has 1 aromatic rings. The van der Waals surface area contributed by atoms with Crippen LogP contribution < -0.4 is 10.6 Å². The van der Waals surface area contributed by atoms with E-state index in [1.807, 2.05) is 4.90 Å². The van der Waals surface area contributed by atoms with Crippen LogP contribution in [0.5, 0.6) is 0 Å². The molecule has 3 aliphatic rings. The highest BCUT2D eigenvalue weighted by Gasteiger charge is 2.43. The molecule has 0 aromatic heterocycles. The Hall–Kier alpha value is -2.08. The second kappa shape index (κ2) is 8.52. The average molecular weight is 385 g/mol. The van der Waals surface area contributed by atoms with Crippen LogP contribution in [0.15, 0.2) is 30.3 Å². The fourth-order valence-corrected chi connectivity index (χ4v) is 5.34. The van der Waals surface area contributed by atoms with Crippen LogP contribution in [0, 0.1) is 17.8 Å². The molecule has 0 radical (unpaired) electrons. The van der Waals surface area contributed by atoms with Gasteiger partial charge in [0.25, 0.3) is 0 Å². The number of likely N-dealkylation sites (tertiary alicyclic amines) is 2. The number of carbonyl (C=O) groups is 2. The van der Waals surface area contributed by atoms with Crippen LogP contribution in [0.2, 0.25) is 0 Å².